The van der Waals surface area contributed by atoms with Crippen LogP contribution < -0.4 is 5.32 Å². The minimum atomic E-state index is -0.0264. The van der Waals surface area contributed by atoms with E-state index in [4.69, 9.17) is 11.6 Å². The molecule has 0 radical (unpaired) electrons. The van der Waals surface area contributed by atoms with Crippen molar-refractivity contribution in [1.29, 1.82) is 0 Å². The Morgan fingerprint density at radius 1 is 1.09 bits per heavy atom. The van der Waals surface area contributed by atoms with Crippen molar-refractivity contribution in [2.75, 3.05) is 18.4 Å². The molecule has 2 aromatic rings. The lowest BCUT2D eigenvalue weighted by molar-refractivity contribution is 0.0718. The van der Waals surface area contributed by atoms with E-state index in [2.05, 4.69) is 15.3 Å². The van der Waals surface area contributed by atoms with Gasteiger partial charge in [0.25, 0.3) is 5.91 Å². The van der Waals surface area contributed by atoms with Crippen molar-refractivity contribution in [3.05, 3.63) is 52.9 Å². The molecule has 1 fully saturated rings. The number of carbonyl (C=O) groups is 1. The first kappa shape index (κ1) is 15.7. The van der Waals surface area contributed by atoms with Gasteiger partial charge in [0.05, 0.1) is 12.4 Å². The summed E-state index contributed by atoms with van der Waals surface area (Å²) in [5.74, 6) is 0.622. The van der Waals surface area contributed by atoms with Gasteiger partial charge in [0, 0.05) is 24.7 Å². The molecule has 2 heterocycles. The second-order valence-electron chi connectivity index (χ2n) is 5.62. The highest BCUT2D eigenvalue weighted by molar-refractivity contribution is 6.30. The van der Waals surface area contributed by atoms with Crippen LogP contribution in [0.25, 0.3) is 0 Å². The monoisotopic (exact) mass is 330 g/mol. The second kappa shape index (κ2) is 7.42. The van der Waals surface area contributed by atoms with Crippen molar-refractivity contribution in [2.45, 2.75) is 25.8 Å². The lowest BCUT2D eigenvalue weighted by Crippen LogP contribution is -2.36. The molecule has 1 amide bonds. The number of carbonyl (C=O) groups excluding carboxylic acids is 1. The quantitative estimate of drug-likeness (QED) is 0.933. The second-order valence-corrected chi connectivity index (χ2v) is 6.06. The average molecular weight is 331 g/mol. The van der Waals surface area contributed by atoms with Crippen LogP contribution in [0, 0.1) is 0 Å². The van der Waals surface area contributed by atoms with Gasteiger partial charge in [-0.15, -0.1) is 0 Å². The molecule has 6 heteroatoms. The molecule has 5 nitrogen and oxygen atoms in total. The topological polar surface area (TPSA) is 58.1 Å². The number of rotatable bonds is 4. The zero-order chi connectivity index (χ0) is 16.1. The van der Waals surface area contributed by atoms with Gasteiger partial charge < -0.3 is 10.2 Å². The van der Waals surface area contributed by atoms with Crippen LogP contribution in [0.2, 0.25) is 5.02 Å². The van der Waals surface area contributed by atoms with Crippen molar-refractivity contribution >= 4 is 23.3 Å². The van der Waals surface area contributed by atoms with Crippen LogP contribution in [0.1, 0.15) is 35.3 Å². The molecule has 1 aliphatic heterocycles. The smallest absolute Gasteiger partial charge is 0.274 e. The molecule has 0 saturated carbocycles. The number of nitrogens with zero attached hydrogens (tertiary/aromatic N) is 3. The van der Waals surface area contributed by atoms with Crippen molar-refractivity contribution in [3.63, 3.8) is 0 Å². The molecule has 1 aliphatic rings. The fraction of sp³-hybridized carbons (Fsp3) is 0.353. The molecule has 3 rings (SSSR count). The standard InChI is InChI=1S/C17H19ClN4O/c18-14-6-4-13(5-7-14)10-20-16-12-19-15(11-21-16)17(23)22-8-2-1-3-9-22/h4-7,11-12H,1-3,8-10H2,(H,20,21). The summed E-state index contributed by atoms with van der Waals surface area (Å²) in [6.45, 7) is 2.26. The Bertz CT molecular complexity index is 651. The van der Waals surface area contributed by atoms with E-state index >= 15 is 0 Å². The zero-order valence-electron chi connectivity index (χ0n) is 12.8. The first-order valence-electron chi connectivity index (χ1n) is 7.82. The van der Waals surface area contributed by atoms with Crippen molar-refractivity contribution in [2.24, 2.45) is 0 Å². The van der Waals surface area contributed by atoms with Crippen LogP contribution in [-0.4, -0.2) is 33.9 Å². The van der Waals surface area contributed by atoms with Crippen LogP contribution >= 0.6 is 11.6 Å². The predicted molar refractivity (Wildman–Crippen MR) is 90.6 cm³/mol. The molecule has 1 saturated heterocycles. The maximum Gasteiger partial charge on any atom is 0.274 e. The number of piperidine rings is 1. The number of anilines is 1. The number of benzene rings is 1. The highest BCUT2D eigenvalue weighted by atomic mass is 35.5. The summed E-state index contributed by atoms with van der Waals surface area (Å²) in [6.07, 6.45) is 6.48. The van der Waals surface area contributed by atoms with E-state index in [0.29, 0.717) is 23.1 Å². The van der Waals surface area contributed by atoms with Crippen LogP contribution in [0.4, 0.5) is 5.82 Å². The first-order valence-corrected chi connectivity index (χ1v) is 8.20. The summed E-state index contributed by atoms with van der Waals surface area (Å²) in [4.78, 5) is 22.7. The molecule has 0 aliphatic carbocycles. The molecule has 0 unspecified atom stereocenters. The van der Waals surface area contributed by atoms with E-state index in [1.807, 2.05) is 29.2 Å². The van der Waals surface area contributed by atoms with Gasteiger partial charge in [0.2, 0.25) is 0 Å². The molecule has 0 atom stereocenters. The highest BCUT2D eigenvalue weighted by Crippen LogP contribution is 2.13. The number of aromatic nitrogens is 2. The number of likely N-dealkylation sites (tertiary alicyclic amines) is 1. The van der Waals surface area contributed by atoms with Crippen LogP contribution in [-0.2, 0) is 6.54 Å². The summed E-state index contributed by atoms with van der Waals surface area (Å²) in [7, 11) is 0. The summed E-state index contributed by atoms with van der Waals surface area (Å²) in [6, 6.07) is 7.61. The van der Waals surface area contributed by atoms with Gasteiger partial charge >= 0.3 is 0 Å². The molecule has 1 aromatic heterocycles. The molecule has 23 heavy (non-hydrogen) atoms. The normalized spacial score (nSPS) is 14.6. The Balaban J connectivity index is 1.58. The van der Waals surface area contributed by atoms with E-state index in [9.17, 15) is 4.79 Å². The van der Waals surface area contributed by atoms with Crippen molar-refractivity contribution < 1.29 is 4.79 Å². The SMILES string of the molecule is O=C(c1cnc(NCc2ccc(Cl)cc2)cn1)N1CCCCC1. The summed E-state index contributed by atoms with van der Waals surface area (Å²) >= 11 is 5.86. The van der Waals surface area contributed by atoms with Gasteiger partial charge in [0.15, 0.2) is 0 Å². The third kappa shape index (κ3) is 4.20. The van der Waals surface area contributed by atoms with Gasteiger partial charge in [-0.1, -0.05) is 23.7 Å². The fourth-order valence-electron chi connectivity index (χ4n) is 2.58. The maximum absolute atomic E-state index is 12.3. The van der Waals surface area contributed by atoms with Gasteiger partial charge in [-0.25, -0.2) is 9.97 Å². The first-order chi connectivity index (χ1) is 11.2. The van der Waals surface area contributed by atoms with Crippen LogP contribution in [0.5, 0.6) is 0 Å². The Kier molecular flexibility index (Phi) is 5.08. The van der Waals surface area contributed by atoms with E-state index in [1.165, 1.54) is 6.42 Å². The highest BCUT2D eigenvalue weighted by Gasteiger charge is 2.19. The molecule has 1 N–H and O–H groups in total. The molecular weight excluding hydrogens is 312 g/mol. The van der Waals surface area contributed by atoms with Gasteiger partial charge in [-0.05, 0) is 37.0 Å². The van der Waals surface area contributed by atoms with Crippen molar-refractivity contribution in [1.82, 2.24) is 14.9 Å². The third-order valence-corrected chi connectivity index (χ3v) is 4.15. The number of hydrogen-bond donors (Lipinski definition) is 1. The average Bonchev–Trinajstić information content (AvgIpc) is 2.62. The minimum Gasteiger partial charge on any atom is -0.365 e. The minimum absolute atomic E-state index is 0.0264. The maximum atomic E-state index is 12.3. The Hall–Kier alpha value is -2.14. The predicted octanol–water partition coefficient (Wildman–Crippen LogP) is 3.37. The largest absolute Gasteiger partial charge is 0.365 e. The summed E-state index contributed by atoms with van der Waals surface area (Å²) < 4.78 is 0. The Morgan fingerprint density at radius 2 is 1.83 bits per heavy atom. The Labute approximate surface area is 140 Å². The van der Waals surface area contributed by atoms with E-state index in [1.54, 1.807) is 12.4 Å². The number of amides is 1. The van der Waals surface area contributed by atoms with Crippen molar-refractivity contribution in [3.8, 4) is 0 Å². The molecule has 0 spiro atoms. The summed E-state index contributed by atoms with van der Waals surface area (Å²) in [5.41, 5.74) is 1.51. The number of halogens is 1. The molecule has 0 bridgehead atoms. The van der Waals surface area contributed by atoms with Crippen LogP contribution in [0.15, 0.2) is 36.7 Å². The third-order valence-electron chi connectivity index (χ3n) is 3.90. The van der Waals surface area contributed by atoms with Gasteiger partial charge in [-0.3, -0.25) is 4.79 Å². The lowest BCUT2D eigenvalue weighted by atomic mass is 10.1. The number of nitrogens with one attached hydrogen (secondary N) is 1. The Morgan fingerprint density at radius 3 is 2.48 bits per heavy atom. The van der Waals surface area contributed by atoms with Gasteiger partial charge in [-0.2, -0.15) is 0 Å². The van der Waals surface area contributed by atoms with E-state index in [-0.39, 0.29) is 5.91 Å². The molecule has 120 valence electrons. The molecular formula is C17H19ClN4O. The number of hydrogen-bond acceptors (Lipinski definition) is 4. The van der Waals surface area contributed by atoms with E-state index in [0.717, 1.165) is 31.5 Å². The van der Waals surface area contributed by atoms with Crippen LogP contribution in [0.3, 0.4) is 0 Å². The lowest BCUT2D eigenvalue weighted by Gasteiger charge is -2.26. The summed E-state index contributed by atoms with van der Waals surface area (Å²) in [5, 5.41) is 3.90. The van der Waals surface area contributed by atoms with Gasteiger partial charge in [0.1, 0.15) is 11.5 Å². The zero-order valence-corrected chi connectivity index (χ0v) is 13.6. The molecule has 1 aromatic carbocycles. The fourth-order valence-corrected chi connectivity index (χ4v) is 2.71. The van der Waals surface area contributed by atoms with E-state index < -0.39 is 0 Å².